The van der Waals surface area contributed by atoms with Crippen molar-refractivity contribution >= 4 is 11.8 Å². The topological polar surface area (TPSA) is 58.2 Å². The Morgan fingerprint density at radius 2 is 1.41 bits per heavy atom. The summed E-state index contributed by atoms with van der Waals surface area (Å²) in [5.74, 6) is 0.477. The maximum atomic E-state index is 11.7. The average Bonchev–Trinajstić information content (AvgIpc) is 2.21. The van der Waals surface area contributed by atoms with E-state index >= 15 is 0 Å². The van der Waals surface area contributed by atoms with Crippen molar-refractivity contribution in [1.82, 2.24) is 10.6 Å². The van der Waals surface area contributed by atoms with Crippen molar-refractivity contribution in [3.63, 3.8) is 0 Å². The highest BCUT2D eigenvalue weighted by molar-refractivity contribution is 5.85. The van der Waals surface area contributed by atoms with Gasteiger partial charge >= 0.3 is 0 Å². The maximum absolute atomic E-state index is 11.7. The summed E-state index contributed by atoms with van der Waals surface area (Å²) in [5, 5.41) is 5.57. The van der Waals surface area contributed by atoms with Crippen LogP contribution in [0.15, 0.2) is 0 Å². The van der Waals surface area contributed by atoms with Gasteiger partial charge in [-0.15, -0.1) is 0 Å². The summed E-state index contributed by atoms with van der Waals surface area (Å²) in [6, 6.07) is 0.151. The summed E-state index contributed by atoms with van der Waals surface area (Å²) < 4.78 is 0. The van der Waals surface area contributed by atoms with E-state index in [1.54, 1.807) is 13.8 Å². The fraction of sp³-hybridized carbons (Fsp3) is 0.846. The highest BCUT2D eigenvalue weighted by Crippen LogP contribution is 2.11. The van der Waals surface area contributed by atoms with Gasteiger partial charge < -0.3 is 10.6 Å². The minimum Gasteiger partial charge on any atom is -0.351 e. The highest BCUT2D eigenvalue weighted by Gasteiger charge is 2.19. The first kappa shape index (κ1) is 15.9. The van der Waals surface area contributed by atoms with Crippen LogP contribution in [0.3, 0.4) is 0 Å². The first-order valence-electron chi connectivity index (χ1n) is 6.32. The Bertz CT molecular complexity index is 252. The molecule has 0 bridgehead atoms. The lowest BCUT2D eigenvalue weighted by molar-refractivity contribution is -0.128. The molecule has 0 aromatic carbocycles. The number of rotatable bonds is 6. The summed E-state index contributed by atoms with van der Waals surface area (Å²) in [5.41, 5.74) is 0. The zero-order chi connectivity index (χ0) is 13.6. The summed E-state index contributed by atoms with van der Waals surface area (Å²) >= 11 is 0. The van der Waals surface area contributed by atoms with Crippen molar-refractivity contribution in [3.05, 3.63) is 0 Å². The van der Waals surface area contributed by atoms with E-state index in [4.69, 9.17) is 0 Å². The van der Waals surface area contributed by atoms with Gasteiger partial charge in [-0.25, -0.2) is 0 Å². The normalized spacial score (nSPS) is 11.4. The number of hydrogen-bond donors (Lipinski definition) is 2. The quantitative estimate of drug-likeness (QED) is 0.742. The smallest absolute Gasteiger partial charge is 0.239 e. The lowest BCUT2D eigenvalue weighted by Gasteiger charge is -2.26. The van der Waals surface area contributed by atoms with E-state index in [2.05, 4.69) is 38.3 Å². The molecule has 0 unspecified atom stereocenters. The third-order valence-electron chi connectivity index (χ3n) is 2.71. The monoisotopic (exact) mass is 242 g/mol. The number of amides is 2. The van der Waals surface area contributed by atoms with Crippen LogP contribution in [0.2, 0.25) is 0 Å². The molecular formula is C13H26N2O2. The van der Waals surface area contributed by atoms with Crippen LogP contribution >= 0.6 is 0 Å². The molecule has 0 fully saturated rings. The van der Waals surface area contributed by atoms with E-state index in [0.29, 0.717) is 11.8 Å². The molecule has 0 rings (SSSR count). The largest absolute Gasteiger partial charge is 0.351 e. The predicted octanol–water partition coefficient (Wildman–Crippen LogP) is 1.56. The van der Waals surface area contributed by atoms with Crippen molar-refractivity contribution in [1.29, 1.82) is 0 Å². The minimum atomic E-state index is -0.119. The van der Waals surface area contributed by atoms with Gasteiger partial charge in [0.2, 0.25) is 11.8 Å². The lowest BCUT2D eigenvalue weighted by Crippen LogP contribution is -2.46. The fourth-order valence-corrected chi connectivity index (χ4v) is 1.71. The Balaban J connectivity index is 4.12. The minimum absolute atomic E-state index is 0.0625. The number of nitrogens with one attached hydrogen (secondary N) is 2. The second-order valence-corrected chi connectivity index (χ2v) is 5.45. The zero-order valence-corrected chi connectivity index (χ0v) is 11.8. The molecule has 0 saturated heterocycles. The van der Waals surface area contributed by atoms with Crippen LogP contribution in [0.4, 0.5) is 0 Å². The number of hydrogen-bond acceptors (Lipinski definition) is 2. The van der Waals surface area contributed by atoms with Crippen molar-refractivity contribution in [2.75, 3.05) is 6.54 Å². The molecule has 100 valence electrons. The molecule has 0 heterocycles. The molecule has 0 aliphatic carbocycles. The number of carbonyl (C=O) groups excluding carboxylic acids is 2. The molecule has 2 amide bonds. The van der Waals surface area contributed by atoms with E-state index in [1.165, 1.54) is 0 Å². The molecule has 0 saturated carbocycles. The Kier molecular flexibility index (Phi) is 6.85. The summed E-state index contributed by atoms with van der Waals surface area (Å²) in [4.78, 5) is 23.0. The third kappa shape index (κ3) is 6.29. The van der Waals surface area contributed by atoms with E-state index in [-0.39, 0.29) is 30.3 Å². The standard InChI is InChI=1S/C13H26N2O2/c1-8(2)12(9(3)4)15-11(16)7-14-13(17)10(5)6/h8-10,12H,7H2,1-6H3,(H,14,17)(H,15,16). The Morgan fingerprint density at radius 1 is 0.941 bits per heavy atom. The maximum Gasteiger partial charge on any atom is 0.239 e. The summed E-state index contributed by atoms with van der Waals surface area (Å²) in [6.07, 6.45) is 0. The van der Waals surface area contributed by atoms with Gasteiger partial charge in [0.05, 0.1) is 6.54 Å². The third-order valence-corrected chi connectivity index (χ3v) is 2.71. The molecule has 2 N–H and O–H groups in total. The van der Waals surface area contributed by atoms with E-state index in [9.17, 15) is 9.59 Å². The van der Waals surface area contributed by atoms with Crippen LogP contribution in [-0.2, 0) is 9.59 Å². The fourth-order valence-electron chi connectivity index (χ4n) is 1.71. The van der Waals surface area contributed by atoms with Gasteiger partial charge in [0.25, 0.3) is 0 Å². The molecule has 0 radical (unpaired) electrons. The van der Waals surface area contributed by atoms with E-state index in [1.807, 2.05) is 0 Å². The molecule has 0 aliphatic heterocycles. The van der Waals surface area contributed by atoms with Gasteiger partial charge in [0.15, 0.2) is 0 Å². The van der Waals surface area contributed by atoms with Crippen molar-refractivity contribution in [2.45, 2.75) is 47.6 Å². The van der Waals surface area contributed by atoms with Crippen LogP contribution in [0, 0.1) is 17.8 Å². The van der Waals surface area contributed by atoms with Crippen molar-refractivity contribution < 1.29 is 9.59 Å². The van der Waals surface area contributed by atoms with Crippen LogP contribution < -0.4 is 10.6 Å². The number of carbonyl (C=O) groups is 2. The second kappa shape index (κ2) is 7.30. The van der Waals surface area contributed by atoms with Gasteiger partial charge in [0, 0.05) is 12.0 Å². The van der Waals surface area contributed by atoms with E-state index in [0.717, 1.165) is 0 Å². The Hall–Kier alpha value is -1.06. The molecule has 17 heavy (non-hydrogen) atoms. The van der Waals surface area contributed by atoms with Gasteiger partial charge in [-0.3, -0.25) is 9.59 Å². The zero-order valence-electron chi connectivity index (χ0n) is 11.8. The van der Waals surface area contributed by atoms with Crippen LogP contribution in [0.1, 0.15) is 41.5 Å². The molecule has 4 heteroatoms. The van der Waals surface area contributed by atoms with Crippen LogP contribution in [-0.4, -0.2) is 24.4 Å². The lowest BCUT2D eigenvalue weighted by atomic mass is 9.93. The summed E-state index contributed by atoms with van der Waals surface area (Å²) in [7, 11) is 0. The van der Waals surface area contributed by atoms with Crippen LogP contribution in [0.5, 0.6) is 0 Å². The van der Waals surface area contributed by atoms with Crippen LogP contribution in [0.25, 0.3) is 0 Å². The Labute approximate surface area is 105 Å². The second-order valence-electron chi connectivity index (χ2n) is 5.45. The summed E-state index contributed by atoms with van der Waals surface area (Å²) in [6.45, 7) is 12.0. The van der Waals surface area contributed by atoms with Gasteiger partial charge in [-0.1, -0.05) is 41.5 Å². The average molecular weight is 242 g/mol. The first-order chi connectivity index (χ1) is 7.75. The molecule has 0 aromatic rings. The Morgan fingerprint density at radius 3 is 1.76 bits per heavy atom. The van der Waals surface area contributed by atoms with Gasteiger partial charge in [-0.2, -0.15) is 0 Å². The highest BCUT2D eigenvalue weighted by atomic mass is 16.2. The first-order valence-corrected chi connectivity index (χ1v) is 6.32. The molecule has 4 nitrogen and oxygen atoms in total. The van der Waals surface area contributed by atoms with Crippen molar-refractivity contribution in [2.24, 2.45) is 17.8 Å². The van der Waals surface area contributed by atoms with Crippen molar-refractivity contribution in [3.8, 4) is 0 Å². The molecule has 0 aliphatic rings. The molecule has 0 spiro atoms. The SMILES string of the molecule is CC(C)C(=O)NCC(=O)NC(C(C)C)C(C)C. The molecular weight excluding hydrogens is 216 g/mol. The van der Waals surface area contributed by atoms with E-state index < -0.39 is 0 Å². The van der Waals surface area contributed by atoms with Gasteiger partial charge in [-0.05, 0) is 11.8 Å². The predicted molar refractivity (Wildman–Crippen MR) is 69.5 cm³/mol. The molecule has 0 aromatic heterocycles. The van der Waals surface area contributed by atoms with Gasteiger partial charge in [0.1, 0.15) is 0 Å². The molecule has 0 atom stereocenters.